The minimum atomic E-state index is -0.441. The lowest BCUT2D eigenvalue weighted by molar-refractivity contribution is 0.169. The van der Waals surface area contributed by atoms with Crippen LogP contribution < -0.4 is 4.74 Å². The molecule has 0 bridgehead atoms. The molecule has 0 N–H and O–H groups in total. The Morgan fingerprint density at radius 3 is 2.67 bits per heavy atom. The first-order valence-electron chi connectivity index (χ1n) is 4.72. The topological polar surface area (TPSA) is 55.3 Å². The fraction of sp³-hybridized carbons (Fsp3) is 0.500. The highest BCUT2D eigenvalue weighted by Gasteiger charge is 2.09. The molecule has 5 nitrogen and oxygen atoms in total. The van der Waals surface area contributed by atoms with Gasteiger partial charge in [0.15, 0.2) is 0 Å². The van der Waals surface area contributed by atoms with Crippen molar-refractivity contribution in [3.63, 3.8) is 0 Å². The third-order valence-corrected chi connectivity index (χ3v) is 1.72. The van der Waals surface area contributed by atoms with Crippen molar-refractivity contribution in [1.82, 2.24) is 14.9 Å². The number of ether oxygens (including phenoxy) is 1. The molecule has 1 rings (SSSR count). The minimum absolute atomic E-state index is 0.211. The Hall–Kier alpha value is -1.65. The number of amides is 1. The normalized spacial score (nSPS) is 10.2. The van der Waals surface area contributed by atoms with Crippen LogP contribution in [0.4, 0.5) is 4.79 Å². The standard InChI is InChI=1S/C10H15N3O2/c1-7(2)9-11-6-5-8(12-9)15-10(14)13(3)4/h5-7H,1-4H3. The average Bonchev–Trinajstić information content (AvgIpc) is 2.18. The van der Waals surface area contributed by atoms with Crippen LogP contribution in [-0.2, 0) is 0 Å². The van der Waals surface area contributed by atoms with E-state index in [9.17, 15) is 4.79 Å². The molecule has 0 aliphatic heterocycles. The molecule has 15 heavy (non-hydrogen) atoms. The van der Waals surface area contributed by atoms with Gasteiger partial charge in [0.1, 0.15) is 5.82 Å². The van der Waals surface area contributed by atoms with Gasteiger partial charge in [-0.05, 0) is 0 Å². The first kappa shape index (κ1) is 11.4. The van der Waals surface area contributed by atoms with Gasteiger partial charge in [0.2, 0.25) is 5.88 Å². The molecule has 1 amide bonds. The van der Waals surface area contributed by atoms with E-state index in [4.69, 9.17) is 4.74 Å². The molecule has 1 aromatic heterocycles. The van der Waals surface area contributed by atoms with Crippen molar-refractivity contribution >= 4 is 6.09 Å². The lowest BCUT2D eigenvalue weighted by Crippen LogP contribution is -2.25. The molecule has 0 atom stereocenters. The summed E-state index contributed by atoms with van der Waals surface area (Å²) in [6.07, 6.45) is 1.14. The SMILES string of the molecule is CC(C)c1nccc(OC(=O)N(C)C)n1. The molecular weight excluding hydrogens is 194 g/mol. The van der Waals surface area contributed by atoms with Gasteiger partial charge in [-0.15, -0.1) is 0 Å². The molecule has 0 saturated heterocycles. The summed E-state index contributed by atoms with van der Waals surface area (Å²) in [5.74, 6) is 1.16. The van der Waals surface area contributed by atoms with E-state index in [0.717, 1.165) is 0 Å². The van der Waals surface area contributed by atoms with Gasteiger partial charge in [-0.3, -0.25) is 0 Å². The van der Waals surface area contributed by atoms with Gasteiger partial charge in [-0.25, -0.2) is 9.78 Å². The van der Waals surface area contributed by atoms with Crippen molar-refractivity contribution < 1.29 is 9.53 Å². The van der Waals surface area contributed by atoms with E-state index in [1.54, 1.807) is 26.4 Å². The van der Waals surface area contributed by atoms with Gasteiger partial charge >= 0.3 is 6.09 Å². The largest absolute Gasteiger partial charge is 0.416 e. The minimum Gasteiger partial charge on any atom is -0.391 e. The summed E-state index contributed by atoms with van der Waals surface area (Å²) in [6.45, 7) is 3.96. The van der Waals surface area contributed by atoms with Gasteiger partial charge in [-0.2, -0.15) is 4.98 Å². The first-order chi connectivity index (χ1) is 7.00. The monoisotopic (exact) mass is 209 g/mol. The number of hydrogen-bond acceptors (Lipinski definition) is 4. The lowest BCUT2D eigenvalue weighted by atomic mass is 10.2. The third-order valence-electron chi connectivity index (χ3n) is 1.72. The molecule has 0 unspecified atom stereocenters. The second-order valence-electron chi connectivity index (χ2n) is 3.67. The van der Waals surface area contributed by atoms with Crippen LogP contribution >= 0.6 is 0 Å². The Morgan fingerprint density at radius 1 is 1.47 bits per heavy atom. The molecule has 0 saturated carbocycles. The van der Waals surface area contributed by atoms with Crippen LogP contribution in [0.5, 0.6) is 5.88 Å². The van der Waals surface area contributed by atoms with E-state index in [1.807, 2.05) is 13.8 Å². The Bertz CT molecular complexity index is 350. The summed E-state index contributed by atoms with van der Waals surface area (Å²) < 4.78 is 5.00. The molecule has 1 aromatic rings. The molecule has 5 heteroatoms. The number of carbonyl (C=O) groups is 1. The predicted octanol–water partition coefficient (Wildman–Crippen LogP) is 1.66. The molecule has 1 heterocycles. The average molecular weight is 209 g/mol. The third kappa shape index (κ3) is 3.19. The van der Waals surface area contributed by atoms with Crippen molar-refractivity contribution in [2.45, 2.75) is 19.8 Å². The van der Waals surface area contributed by atoms with Crippen LogP contribution in [0.3, 0.4) is 0 Å². The summed E-state index contributed by atoms with van der Waals surface area (Å²) in [4.78, 5) is 20.8. The Morgan fingerprint density at radius 2 is 2.13 bits per heavy atom. The van der Waals surface area contributed by atoms with Crippen LogP contribution in [-0.4, -0.2) is 35.1 Å². The van der Waals surface area contributed by atoms with Crippen molar-refractivity contribution in [1.29, 1.82) is 0 Å². The van der Waals surface area contributed by atoms with E-state index in [2.05, 4.69) is 9.97 Å². The zero-order valence-corrected chi connectivity index (χ0v) is 9.39. The van der Waals surface area contributed by atoms with Crippen LogP contribution in [0.25, 0.3) is 0 Å². The Labute approximate surface area is 89.1 Å². The maximum Gasteiger partial charge on any atom is 0.416 e. The molecule has 0 aliphatic carbocycles. The fourth-order valence-corrected chi connectivity index (χ4v) is 0.872. The van der Waals surface area contributed by atoms with Crippen LogP contribution in [0.1, 0.15) is 25.6 Å². The number of rotatable bonds is 2. The number of carbonyl (C=O) groups excluding carboxylic acids is 1. The van der Waals surface area contributed by atoms with Crippen LogP contribution in [0.2, 0.25) is 0 Å². The molecule has 0 radical (unpaired) electrons. The van der Waals surface area contributed by atoms with Gasteiger partial charge in [0.25, 0.3) is 0 Å². The second kappa shape index (κ2) is 4.72. The van der Waals surface area contributed by atoms with E-state index in [-0.39, 0.29) is 11.8 Å². The van der Waals surface area contributed by atoms with Gasteiger partial charge in [0.05, 0.1) is 0 Å². The maximum atomic E-state index is 11.2. The van der Waals surface area contributed by atoms with E-state index in [1.165, 1.54) is 4.90 Å². The molecular formula is C10H15N3O2. The van der Waals surface area contributed by atoms with E-state index in [0.29, 0.717) is 5.82 Å². The lowest BCUT2D eigenvalue weighted by Gasteiger charge is -2.10. The highest BCUT2D eigenvalue weighted by atomic mass is 16.6. The number of hydrogen-bond donors (Lipinski definition) is 0. The summed E-state index contributed by atoms with van der Waals surface area (Å²) in [7, 11) is 3.24. The van der Waals surface area contributed by atoms with Crippen molar-refractivity contribution in [2.24, 2.45) is 0 Å². The predicted molar refractivity (Wildman–Crippen MR) is 55.8 cm³/mol. The fourth-order valence-electron chi connectivity index (χ4n) is 0.872. The summed E-state index contributed by atoms with van der Waals surface area (Å²) in [6, 6.07) is 1.56. The number of aromatic nitrogens is 2. The summed E-state index contributed by atoms with van der Waals surface area (Å²) >= 11 is 0. The van der Waals surface area contributed by atoms with Gasteiger partial charge in [0, 0.05) is 32.3 Å². The van der Waals surface area contributed by atoms with E-state index >= 15 is 0 Å². The smallest absolute Gasteiger partial charge is 0.391 e. The van der Waals surface area contributed by atoms with Crippen molar-refractivity contribution in [2.75, 3.05) is 14.1 Å². The molecule has 0 aromatic carbocycles. The van der Waals surface area contributed by atoms with Crippen molar-refractivity contribution in [3.8, 4) is 5.88 Å². The summed E-state index contributed by atoms with van der Waals surface area (Å²) in [5.41, 5.74) is 0. The quantitative estimate of drug-likeness (QED) is 0.743. The Balaban J connectivity index is 2.78. The molecule has 0 aliphatic rings. The van der Waals surface area contributed by atoms with E-state index < -0.39 is 6.09 Å². The second-order valence-corrected chi connectivity index (χ2v) is 3.67. The van der Waals surface area contributed by atoms with Crippen LogP contribution in [0, 0.1) is 0 Å². The molecule has 0 fully saturated rings. The maximum absolute atomic E-state index is 11.2. The Kier molecular flexibility index (Phi) is 3.60. The first-order valence-corrected chi connectivity index (χ1v) is 4.72. The molecule has 82 valence electrons. The number of nitrogens with zero attached hydrogens (tertiary/aromatic N) is 3. The van der Waals surface area contributed by atoms with Gasteiger partial charge in [-0.1, -0.05) is 13.8 Å². The molecule has 0 spiro atoms. The highest BCUT2D eigenvalue weighted by molar-refractivity contribution is 5.69. The zero-order chi connectivity index (χ0) is 11.4. The summed E-state index contributed by atoms with van der Waals surface area (Å²) in [5, 5.41) is 0. The highest BCUT2D eigenvalue weighted by Crippen LogP contribution is 2.12. The van der Waals surface area contributed by atoms with Crippen LogP contribution in [0.15, 0.2) is 12.3 Å². The zero-order valence-electron chi connectivity index (χ0n) is 9.39. The van der Waals surface area contributed by atoms with Gasteiger partial charge < -0.3 is 9.64 Å². The van der Waals surface area contributed by atoms with Crippen molar-refractivity contribution in [3.05, 3.63) is 18.1 Å².